The van der Waals surface area contributed by atoms with Crippen molar-refractivity contribution in [3.8, 4) is 5.75 Å². The normalized spacial score (nSPS) is 13.5. The van der Waals surface area contributed by atoms with Crippen molar-refractivity contribution in [3.05, 3.63) is 131 Å². The predicted molar refractivity (Wildman–Crippen MR) is 328 cm³/mol. The maximum absolute atomic E-state index is 14.6. The van der Waals surface area contributed by atoms with Crippen molar-refractivity contribution >= 4 is 93.0 Å². The molecule has 8 N–H and O–H groups in total. The number of hydrogen-bond acceptors (Lipinski definition) is 14. The quantitative estimate of drug-likeness (QED) is 0.0212. The van der Waals surface area contributed by atoms with E-state index < -0.39 is 59.7 Å². The third kappa shape index (κ3) is 17.8. The lowest BCUT2D eigenvalue weighted by Gasteiger charge is -2.27. The number of fused-ring (bicyclic) bond motifs is 4. The number of pyridine rings is 1. The number of amides is 9. The molecule has 1 aliphatic heterocycles. The van der Waals surface area contributed by atoms with Gasteiger partial charge in [-0.3, -0.25) is 19.2 Å². The molecule has 0 saturated carbocycles. The van der Waals surface area contributed by atoms with Gasteiger partial charge in [-0.25, -0.2) is 24.2 Å². The van der Waals surface area contributed by atoms with Crippen molar-refractivity contribution in [3.63, 3.8) is 0 Å². The molecule has 4 aromatic carbocycles. The van der Waals surface area contributed by atoms with E-state index in [9.17, 15) is 43.5 Å². The van der Waals surface area contributed by atoms with Gasteiger partial charge in [0.1, 0.15) is 41.4 Å². The summed E-state index contributed by atoms with van der Waals surface area (Å²) < 4.78 is 24.4. The van der Waals surface area contributed by atoms with E-state index in [2.05, 4.69) is 31.6 Å². The molecule has 87 heavy (non-hydrogen) atoms. The number of aliphatic hydroxyl groups excluding tert-OH is 1. The number of nitrogens with zero attached hydrogens (tertiary/aromatic N) is 5. The minimum atomic E-state index is -1.09. The van der Waals surface area contributed by atoms with Crippen LogP contribution in [0.15, 0.2) is 97.3 Å². The number of aryl methyl sites for hydroxylation is 2. The van der Waals surface area contributed by atoms with Gasteiger partial charge in [-0.05, 0) is 112 Å². The summed E-state index contributed by atoms with van der Waals surface area (Å²) in [7, 11) is 1.51. The highest BCUT2D eigenvalue weighted by Gasteiger charge is 2.37. The van der Waals surface area contributed by atoms with Gasteiger partial charge in [-0.15, -0.1) is 11.6 Å². The number of ether oxygens (including phenoxy) is 4. The van der Waals surface area contributed by atoms with Gasteiger partial charge in [0.05, 0.1) is 31.2 Å². The highest BCUT2D eigenvalue weighted by atomic mass is 35.5. The minimum Gasteiger partial charge on any atom is -0.445 e. The number of hydrogen-bond donors (Lipinski definition) is 7. The van der Waals surface area contributed by atoms with Gasteiger partial charge < -0.3 is 75.5 Å². The lowest BCUT2D eigenvalue weighted by molar-refractivity contribution is -0.128. The molecule has 9 amide bonds. The molecule has 3 atom stereocenters. The number of benzene rings is 4. The Labute approximate surface area is 509 Å². The number of nitrogens with one attached hydrogen (secondary N) is 5. The number of primary amides is 1. The first kappa shape index (κ1) is 65.5. The zero-order valence-corrected chi connectivity index (χ0v) is 50.8. The van der Waals surface area contributed by atoms with Gasteiger partial charge in [0.15, 0.2) is 0 Å². The maximum atomic E-state index is 14.6. The topological polar surface area (TPSA) is 307 Å². The average molecular weight is 1220 g/mol. The Morgan fingerprint density at radius 1 is 0.851 bits per heavy atom. The number of halogens is 1. The van der Waals surface area contributed by atoms with Crippen LogP contribution in [0.1, 0.15) is 96.5 Å². The van der Waals surface area contributed by atoms with E-state index >= 15 is 0 Å². The molecule has 3 heterocycles. The monoisotopic (exact) mass is 1220 g/mol. The summed E-state index contributed by atoms with van der Waals surface area (Å²) in [5.41, 5.74) is 10.1. The second-order valence-electron chi connectivity index (χ2n) is 22.4. The molecule has 7 rings (SSSR count). The van der Waals surface area contributed by atoms with Crippen LogP contribution in [0.5, 0.6) is 5.75 Å². The van der Waals surface area contributed by atoms with E-state index in [0.29, 0.717) is 39.2 Å². The third-order valence-corrected chi connectivity index (χ3v) is 14.5. The second kappa shape index (κ2) is 29.9. The first-order valence-electron chi connectivity index (χ1n) is 28.5. The van der Waals surface area contributed by atoms with Gasteiger partial charge in [0.25, 0.3) is 11.8 Å². The van der Waals surface area contributed by atoms with E-state index in [1.54, 1.807) is 111 Å². The zero-order chi connectivity index (χ0) is 63.1. The second-order valence-corrected chi connectivity index (χ2v) is 22.7. The summed E-state index contributed by atoms with van der Waals surface area (Å²) in [6.45, 7) is 12.4. The van der Waals surface area contributed by atoms with Crippen molar-refractivity contribution < 1.29 is 62.4 Å². The van der Waals surface area contributed by atoms with E-state index in [1.807, 2.05) is 44.2 Å². The number of rotatable bonds is 25. The molecule has 6 aromatic rings. The summed E-state index contributed by atoms with van der Waals surface area (Å²) in [5.74, 6) is -2.22. The number of aromatic nitrogens is 2. The van der Waals surface area contributed by atoms with Gasteiger partial charge >= 0.3 is 24.3 Å². The third-order valence-electron chi connectivity index (χ3n) is 14.1. The predicted octanol–water partition coefficient (Wildman–Crippen LogP) is 7.84. The number of aliphatic hydroxyl groups is 1. The van der Waals surface area contributed by atoms with E-state index in [0.717, 1.165) is 22.1 Å². The van der Waals surface area contributed by atoms with Crippen LogP contribution in [0.4, 0.5) is 36.2 Å². The Bertz CT molecular complexity index is 3460. The zero-order valence-electron chi connectivity index (χ0n) is 50.1. The molecule has 24 nitrogen and oxygen atoms in total. The number of likely N-dealkylation sites (N-methyl/N-ethyl adjacent to an activating group) is 1. The molecule has 0 bridgehead atoms. The Morgan fingerprint density at radius 3 is 2.25 bits per heavy atom. The molecule has 0 fully saturated rings. The molecule has 464 valence electrons. The van der Waals surface area contributed by atoms with Crippen molar-refractivity contribution in [1.29, 1.82) is 0 Å². The number of alkyl carbamates (subject to hydrolysis) is 1. The summed E-state index contributed by atoms with van der Waals surface area (Å²) >= 11 is 6.65. The van der Waals surface area contributed by atoms with Crippen LogP contribution in [-0.4, -0.2) is 155 Å². The molecular weight excluding hydrogens is 1140 g/mol. The summed E-state index contributed by atoms with van der Waals surface area (Å²) in [6.07, 6.45) is 1.36. The van der Waals surface area contributed by atoms with Gasteiger partial charge in [-0.1, -0.05) is 61.9 Å². The van der Waals surface area contributed by atoms with Crippen LogP contribution in [0.3, 0.4) is 0 Å². The summed E-state index contributed by atoms with van der Waals surface area (Å²) in [5, 5.41) is 24.2. The Morgan fingerprint density at radius 2 is 1.57 bits per heavy atom. The van der Waals surface area contributed by atoms with Crippen molar-refractivity contribution in [2.75, 3.05) is 81.0 Å². The summed E-state index contributed by atoms with van der Waals surface area (Å²) in [6, 6.07) is 21.4. The van der Waals surface area contributed by atoms with Crippen LogP contribution >= 0.6 is 11.6 Å². The van der Waals surface area contributed by atoms with E-state index in [4.69, 9.17) is 36.3 Å². The van der Waals surface area contributed by atoms with Crippen LogP contribution < -0.4 is 42.0 Å². The molecule has 2 unspecified atom stereocenters. The van der Waals surface area contributed by atoms with Crippen LogP contribution in [0.25, 0.3) is 16.4 Å². The fourth-order valence-corrected chi connectivity index (χ4v) is 9.90. The van der Waals surface area contributed by atoms with Gasteiger partial charge in [0, 0.05) is 86.7 Å². The highest BCUT2D eigenvalue weighted by molar-refractivity contribution is 6.19. The van der Waals surface area contributed by atoms with Crippen LogP contribution in [0, 0.1) is 19.8 Å². The van der Waals surface area contributed by atoms with Gasteiger partial charge in [0.2, 0.25) is 11.8 Å². The Balaban J connectivity index is 1.000. The van der Waals surface area contributed by atoms with Crippen molar-refractivity contribution in [2.24, 2.45) is 11.7 Å². The Kier molecular flexibility index (Phi) is 22.5. The highest BCUT2D eigenvalue weighted by Crippen LogP contribution is 2.47. The number of carbonyl (C=O) groups is 8. The maximum Gasteiger partial charge on any atom is 0.415 e. The fourth-order valence-electron chi connectivity index (χ4n) is 9.65. The first-order valence-corrected chi connectivity index (χ1v) is 29.0. The largest absolute Gasteiger partial charge is 0.445 e. The van der Waals surface area contributed by atoms with E-state index in [-0.39, 0.29) is 107 Å². The molecule has 25 heteroatoms. The SMILES string of the molecule is Cc1ccc(C(=O)Nc2ccc3nc(C(=O)N4CC(CCl)c5c4cc(OC(=O)N(CCOCCO)CCN(C)C(=O)OCc4ccc(NC(=O)C(CCCNC(N)=O)NC(=O)[C@@H](NC(=O)OC(C)(C)C)C(C)C)cc4)c4cccc(C)c54)cn3c2)cc1. The lowest BCUT2D eigenvalue weighted by Crippen LogP contribution is -2.55. The average Bonchev–Trinajstić information content (AvgIpc) is 1.69. The molecule has 0 saturated heterocycles. The van der Waals surface area contributed by atoms with Crippen LogP contribution in [-0.2, 0) is 30.4 Å². The summed E-state index contributed by atoms with van der Waals surface area (Å²) in [4.78, 5) is 115. The number of imidazole rings is 1. The van der Waals surface area contributed by atoms with Crippen LogP contribution in [0.2, 0.25) is 0 Å². The lowest BCUT2D eigenvalue weighted by atomic mass is 9.92. The molecular formula is C62H76ClN11O13. The number of carbonyl (C=O) groups excluding carboxylic acids is 8. The smallest absolute Gasteiger partial charge is 0.415 e. The van der Waals surface area contributed by atoms with Gasteiger partial charge in [-0.2, -0.15) is 0 Å². The fraction of sp³-hybridized carbons (Fsp3) is 0.403. The number of anilines is 3. The molecule has 2 aromatic heterocycles. The van der Waals surface area contributed by atoms with Crippen molar-refractivity contribution in [1.82, 2.24) is 35.1 Å². The van der Waals surface area contributed by atoms with E-state index in [1.165, 1.54) is 16.8 Å². The molecule has 0 aliphatic carbocycles. The molecule has 0 spiro atoms. The Hall–Kier alpha value is -9.00. The van der Waals surface area contributed by atoms with Crippen molar-refractivity contribution in [2.45, 2.75) is 91.5 Å². The number of nitrogens with two attached hydrogens (primary N) is 1. The standard InChI is InChI=1S/C62H76ClN11O13/c1-37(2)53(70-59(81)87-62(5,6)7)56(78)69-46(13-10-24-65-58(64)80)55(77)66-43-20-16-40(17-21-43)36-85-60(82)71(8)25-26-72(27-29-84-30-28-75)61(83)86-49-31-48-52(51-39(4)11-9-12-45(49)51)42(32-63)33-74(48)57(79)47-35-73-34-44(22-23-50(73)68-47)67-54(76)41-18-14-38(3)15-19-41/h9,11-12,14-23,31,34-35,37,42,46,53,75H,10,13,24-30,32-33,36H2,1-8H3,(H,66,77)(H,67,76)(H,69,78)(H,70,81)(H3,64,65,80)/t42?,46?,53-/m0/s1. The number of urea groups is 1. The molecule has 0 radical (unpaired) electrons. The number of alkyl halides is 1. The minimum absolute atomic E-state index is 0.00642. The first-order chi connectivity index (χ1) is 41.4. The molecule has 1 aliphatic rings.